The Morgan fingerprint density at radius 3 is 2.62 bits per heavy atom. The lowest BCUT2D eigenvalue weighted by molar-refractivity contribution is 0.112. The normalized spacial score (nSPS) is 25.1. The predicted octanol–water partition coefficient (Wildman–Crippen LogP) is 2.85. The van der Waals surface area contributed by atoms with E-state index in [4.69, 9.17) is 4.74 Å². The molecule has 0 unspecified atom stereocenters. The van der Waals surface area contributed by atoms with Crippen molar-refractivity contribution in [2.24, 2.45) is 5.92 Å². The van der Waals surface area contributed by atoms with Crippen molar-refractivity contribution >= 4 is 6.29 Å². The molecule has 0 amide bonds. The van der Waals surface area contributed by atoms with Gasteiger partial charge in [-0.3, -0.25) is 4.79 Å². The topological polar surface area (TPSA) is 39.2 Å². The molecule has 0 N–H and O–H groups in total. The standard InChI is InChI=1S/C13H17NO2/c1-10-2-5-12(6-3-10)16-13-7-4-11(9-15)8-14-13/h4,7-10,12H,2-3,5-6H2,1H3. The van der Waals surface area contributed by atoms with Gasteiger partial charge < -0.3 is 4.74 Å². The van der Waals surface area contributed by atoms with Crippen LogP contribution in [0.4, 0.5) is 0 Å². The molecule has 0 spiro atoms. The van der Waals surface area contributed by atoms with E-state index < -0.39 is 0 Å². The lowest BCUT2D eigenvalue weighted by atomic mass is 9.89. The van der Waals surface area contributed by atoms with E-state index in [0.717, 1.165) is 25.0 Å². The number of hydrogen-bond acceptors (Lipinski definition) is 3. The first-order valence-corrected chi connectivity index (χ1v) is 5.86. The lowest BCUT2D eigenvalue weighted by Gasteiger charge is -2.26. The summed E-state index contributed by atoms with van der Waals surface area (Å²) in [5.74, 6) is 1.45. The maximum atomic E-state index is 10.5. The van der Waals surface area contributed by atoms with Crippen molar-refractivity contribution in [3.8, 4) is 5.88 Å². The fraction of sp³-hybridized carbons (Fsp3) is 0.538. The van der Waals surface area contributed by atoms with Gasteiger partial charge in [0.25, 0.3) is 0 Å². The van der Waals surface area contributed by atoms with Crippen molar-refractivity contribution in [2.45, 2.75) is 38.7 Å². The molecule has 1 fully saturated rings. The maximum Gasteiger partial charge on any atom is 0.213 e. The Labute approximate surface area is 95.8 Å². The summed E-state index contributed by atoms with van der Waals surface area (Å²) in [6.07, 6.45) is 7.32. The smallest absolute Gasteiger partial charge is 0.213 e. The molecule has 0 bridgehead atoms. The SMILES string of the molecule is CC1CCC(Oc2ccc(C=O)cn2)CC1. The minimum Gasteiger partial charge on any atom is -0.474 e. The molecular formula is C13H17NO2. The largest absolute Gasteiger partial charge is 0.474 e. The summed E-state index contributed by atoms with van der Waals surface area (Å²) in [5.41, 5.74) is 0.588. The van der Waals surface area contributed by atoms with Crippen LogP contribution in [0.5, 0.6) is 5.88 Å². The predicted molar refractivity (Wildman–Crippen MR) is 61.7 cm³/mol. The third-order valence-electron chi connectivity index (χ3n) is 3.15. The van der Waals surface area contributed by atoms with Gasteiger partial charge >= 0.3 is 0 Å². The molecule has 0 atom stereocenters. The summed E-state index contributed by atoms with van der Waals surface area (Å²) in [4.78, 5) is 14.6. The van der Waals surface area contributed by atoms with Crippen molar-refractivity contribution < 1.29 is 9.53 Å². The number of carbonyl (C=O) groups excluding carboxylic acids is 1. The van der Waals surface area contributed by atoms with E-state index in [-0.39, 0.29) is 0 Å². The molecule has 0 radical (unpaired) electrons. The number of aldehydes is 1. The average Bonchev–Trinajstić information content (AvgIpc) is 2.33. The summed E-state index contributed by atoms with van der Waals surface area (Å²) in [5, 5.41) is 0. The second kappa shape index (κ2) is 5.10. The third-order valence-corrected chi connectivity index (χ3v) is 3.15. The molecule has 1 aromatic rings. The van der Waals surface area contributed by atoms with E-state index in [9.17, 15) is 4.79 Å². The maximum absolute atomic E-state index is 10.5. The number of carbonyl (C=O) groups is 1. The first-order valence-electron chi connectivity index (χ1n) is 5.86. The first-order chi connectivity index (χ1) is 7.78. The van der Waals surface area contributed by atoms with E-state index in [0.29, 0.717) is 17.5 Å². The summed E-state index contributed by atoms with van der Waals surface area (Å²) < 4.78 is 5.78. The zero-order valence-corrected chi connectivity index (χ0v) is 9.56. The quantitative estimate of drug-likeness (QED) is 0.734. The van der Waals surface area contributed by atoms with E-state index in [1.54, 1.807) is 18.3 Å². The lowest BCUT2D eigenvalue weighted by Crippen LogP contribution is -2.23. The molecule has 1 aliphatic carbocycles. The highest BCUT2D eigenvalue weighted by Crippen LogP contribution is 2.26. The van der Waals surface area contributed by atoms with Gasteiger partial charge in [0.1, 0.15) is 6.10 Å². The van der Waals surface area contributed by atoms with E-state index in [1.807, 2.05) is 0 Å². The molecule has 0 saturated heterocycles. The number of aromatic nitrogens is 1. The van der Waals surface area contributed by atoms with Gasteiger partial charge in [-0.25, -0.2) is 4.98 Å². The van der Waals surface area contributed by atoms with Crippen molar-refractivity contribution in [3.05, 3.63) is 23.9 Å². The van der Waals surface area contributed by atoms with Gasteiger partial charge in [0, 0.05) is 17.8 Å². The minimum absolute atomic E-state index is 0.297. The van der Waals surface area contributed by atoms with Gasteiger partial charge in [-0.2, -0.15) is 0 Å². The highest BCUT2D eigenvalue weighted by Gasteiger charge is 2.19. The van der Waals surface area contributed by atoms with E-state index in [1.165, 1.54) is 12.8 Å². The zero-order chi connectivity index (χ0) is 11.4. The summed E-state index contributed by atoms with van der Waals surface area (Å²) >= 11 is 0. The Kier molecular flexibility index (Phi) is 3.54. The van der Waals surface area contributed by atoms with Crippen LogP contribution in [0.1, 0.15) is 43.0 Å². The first kappa shape index (κ1) is 11.1. The van der Waals surface area contributed by atoms with Crippen LogP contribution in [0.3, 0.4) is 0 Å². The van der Waals surface area contributed by atoms with Crippen LogP contribution in [0.15, 0.2) is 18.3 Å². The minimum atomic E-state index is 0.297. The Balaban J connectivity index is 1.91. The number of nitrogens with zero attached hydrogens (tertiary/aromatic N) is 1. The van der Waals surface area contributed by atoms with Crippen molar-refractivity contribution in [3.63, 3.8) is 0 Å². The molecule has 3 heteroatoms. The average molecular weight is 219 g/mol. The van der Waals surface area contributed by atoms with Crippen LogP contribution in [0, 0.1) is 5.92 Å². The van der Waals surface area contributed by atoms with Crippen molar-refractivity contribution in [1.82, 2.24) is 4.98 Å². The molecule has 1 heterocycles. The number of ether oxygens (including phenoxy) is 1. The van der Waals surface area contributed by atoms with Crippen molar-refractivity contribution in [2.75, 3.05) is 0 Å². The van der Waals surface area contributed by atoms with Gasteiger partial charge in [0.05, 0.1) is 0 Å². The molecule has 1 aliphatic rings. The molecular weight excluding hydrogens is 202 g/mol. The summed E-state index contributed by atoms with van der Waals surface area (Å²) in [6, 6.07) is 3.50. The van der Waals surface area contributed by atoms with Gasteiger partial charge in [-0.1, -0.05) is 6.92 Å². The highest BCUT2D eigenvalue weighted by molar-refractivity contribution is 5.73. The molecule has 0 aliphatic heterocycles. The summed E-state index contributed by atoms with van der Waals surface area (Å²) in [7, 11) is 0. The number of pyridine rings is 1. The van der Waals surface area contributed by atoms with Gasteiger partial charge in [0.15, 0.2) is 6.29 Å². The molecule has 86 valence electrons. The van der Waals surface area contributed by atoms with Crippen LogP contribution in [-0.4, -0.2) is 17.4 Å². The van der Waals surface area contributed by atoms with Crippen LogP contribution < -0.4 is 4.74 Å². The third kappa shape index (κ3) is 2.81. The molecule has 1 saturated carbocycles. The fourth-order valence-electron chi connectivity index (χ4n) is 2.05. The van der Waals surface area contributed by atoms with E-state index >= 15 is 0 Å². The Bertz CT molecular complexity index is 339. The van der Waals surface area contributed by atoms with Crippen LogP contribution in [0.2, 0.25) is 0 Å². The highest BCUT2D eigenvalue weighted by atomic mass is 16.5. The number of rotatable bonds is 3. The second-order valence-corrected chi connectivity index (χ2v) is 4.55. The van der Waals surface area contributed by atoms with Crippen molar-refractivity contribution in [1.29, 1.82) is 0 Å². The van der Waals surface area contributed by atoms with E-state index in [2.05, 4.69) is 11.9 Å². The molecule has 3 nitrogen and oxygen atoms in total. The molecule has 16 heavy (non-hydrogen) atoms. The van der Waals surface area contributed by atoms with Crippen LogP contribution in [0.25, 0.3) is 0 Å². The Morgan fingerprint density at radius 2 is 2.06 bits per heavy atom. The fourth-order valence-corrected chi connectivity index (χ4v) is 2.05. The van der Waals surface area contributed by atoms with Crippen LogP contribution >= 0.6 is 0 Å². The van der Waals surface area contributed by atoms with Gasteiger partial charge in [0.2, 0.25) is 5.88 Å². The molecule has 1 aromatic heterocycles. The van der Waals surface area contributed by atoms with Crippen LogP contribution in [-0.2, 0) is 0 Å². The number of hydrogen-bond donors (Lipinski definition) is 0. The Hall–Kier alpha value is -1.38. The Morgan fingerprint density at radius 1 is 1.31 bits per heavy atom. The van der Waals surface area contributed by atoms with Gasteiger partial charge in [-0.15, -0.1) is 0 Å². The zero-order valence-electron chi connectivity index (χ0n) is 9.56. The molecule has 2 rings (SSSR count). The van der Waals surface area contributed by atoms with Gasteiger partial charge in [-0.05, 0) is 37.7 Å². The molecule has 0 aromatic carbocycles. The second-order valence-electron chi connectivity index (χ2n) is 4.55. The summed E-state index contributed by atoms with van der Waals surface area (Å²) in [6.45, 7) is 2.29. The monoisotopic (exact) mass is 219 g/mol.